The van der Waals surface area contributed by atoms with Crippen molar-refractivity contribution in [2.75, 3.05) is 6.54 Å². The van der Waals surface area contributed by atoms with Crippen LogP contribution in [0.5, 0.6) is 0 Å². The highest BCUT2D eigenvalue weighted by atomic mass is 19.1. The first-order chi connectivity index (χ1) is 7.27. The molecule has 0 aliphatic heterocycles. The van der Waals surface area contributed by atoms with Gasteiger partial charge in [-0.2, -0.15) is 0 Å². The van der Waals surface area contributed by atoms with E-state index in [9.17, 15) is 4.39 Å². The van der Waals surface area contributed by atoms with Gasteiger partial charge in [-0.3, -0.25) is 0 Å². The molecule has 1 aromatic rings. The van der Waals surface area contributed by atoms with Crippen LogP contribution in [0, 0.1) is 5.82 Å². The second kappa shape index (κ2) is 3.05. The molecule has 0 saturated heterocycles. The molecule has 2 aliphatic carbocycles. The van der Waals surface area contributed by atoms with Gasteiger partial charge in [0.15, 0.2) is 0 Å². The Kier molecular flexibility index (Phi) is 1.90. The van der Waals surface area contributed by atoms with Gasteiger partial charge in [0.1, 0.15) is 5.82 Å². The molecule has 1 atom stereocenters. The topological polar surface area (TPSA) is 26.0 Å². The number of benzene rings is 1. The van der Waals surface area contributed by atoms with Crippen molar-refractivity contribution in [3.8, 4) is 0 Å². The minimum atomic E-state index is -0.0110. The van der Waals surface area contributed by atoms with Crippen LogP contribution >= 0.6 is 0 Å². The third-order valence-corrected chi connectivity index (χ3v) is 4.25. The maximum Gasteiger partial charge on any atom is 0.127 e. The van der Waals surface area contributed by atoms with Gasteiger partial charge in [0.2, 0.25) is 0 Å². The number of fused-ring (bicyclic) bond motifs is 2. The Morgan fingerprint density at radius 3 is 2.80 bits per heavy atom. The van der Waals surface area contributed by atoms with E-state index in [2.05, 4.69) is 6.07 Å². The highest BCUT2D eigenvalue weighted by Gasteiger charge is 2.48. The van der Waals surface area contributed by atoms with Gasteiger partial charge >= 0.3 is 0 Å². The molecular formula is C13H16FN. The van der Waals surface area contributed by atoms with Gasteiger partial charge in [-0.1, -0.05) is 18.6 Å². The zero-order valence-electron chi connectivity index (χ0n) is 8.80. The Hall–Kier alpha value is -0.890. The average Bonchev–Trinajstić information content (AvgIpc) is 2.53. The fourth-order valence-corrected chi connectivity index (χ4v) is 3.39. The van der Waals surface area contributed by atoms with E-state index in [4.69, 9.17) is 5.73 Å². The second-order valence-corrected chi connectivity index (χ2v) is 4.97. The normalized spacial score (nSPS) is 26.4. The van der Waals surface area contributed by atoms with Crippen molar-refractivity contribution in [3.63, 3.8) is 0 Å². The summed E-state index contributed by atoms with van der Waals surface area (Å²) in [5, 5.41) is 0. The maximum atomic E-state index is 13.9. The minimum absolute atomic E-state index is 0.0110. The van der Waals surface area contributed by atoms with Crippen LogP contribution in [-0.4, -0.2) is 6.54 Å². The van der Waals surface area contributed by atoms with Crippen molar-refractivity contribution in [2.24, 2.45) is 5.73 Å². The largest absolute Gasteiger partial charge is 0.330 e. The van der Waals surface area contributed by atoms with Crippen LogP contribution in [0.3, 0.4) is 0 Å². The zero-order chi connectivity index (χ0) is 10.5. The molecule has 0 heterocycles. The number of halogens is 1. The lowest BCUT2D eigenvalue weighted by atomic mass is 9.65. The van der Waals surface area contributed by atoms with E-state index >= 15 is 0 Å². The summed E-state index contributed by atoms with van der Waals surface area (Å²) < 4.78 is 13.9. The molecule has 1 aromatic carbocycles. The van der Waals surface area contributed by atoms with Crippen molar-refractivity contribution >= 4 is 0 Å². The summed E-state index contributed by atoms with van der Waals surface area (Å²) in [5.74, 6) is 0.374. The summed E-state index contributed by atoms with van der Waals surface area (Å²) in [7, 11) is 0. The molecule has 1 spiro atoms. The monoisotopic (exact) mass is 205 g/mol. The van der Waals surface area contributed by atoms with Crippen LogP contribution in [0.1, 0.15) is 42.7 Å². The molecule has 0 aromatic heterocycles. The number of nitrogens with two attached hydrogens (primary N) is 1. The Morgan fingerprint density at radius 2 is 2.20 bits per heavy atom. The first-order valence-electron chi connectivity index (χ1n) is 5.76. The molecule has 3 rings (SSSR count). The SMILES string of the molecule is NCC1CC2(CCC2)c2c(F)cccc21. The smallest absolute Gasteiger partial charge is 0.127 e. The molecule has 1 unspecified atom stereocenters. The van der Waals surface area contributed by atoms with Crippen molar-refractivity contribution in [2.45, 2.75) is 37.0 Å². The lowest BCUT2D eigenvalue weighted by Gasteiger charge is -2.39. The summed E-state index contributed by atoms with van der Waals surface area (Å²) >= 11 is 0. The second-order valence-electron chi connectivity index (χ2n) is 4.97. The van der Waals surface area contributed by atoms with Crippen LogP contribution in [0.25, 0.3) is 0 Å². The molecule has 1 nitrogen and oxygen atoms in total. The van der Waals surface area contributed by atoms with Crippen LogP contribution in [-0.2, 0) is 5.41 Å². The van der Waals surface area contributed by atoms with E-state index in [1.54, 1.807) is 6.07 Å². The molecule has 0 bridgehead atoms. The van der Waals surface area contributed by atoms with Crippen LogP contribution in [0.15, 0.2) is 18.2 Å². The first kappa shape index (κ1) is 9.34. The molecule has 2 N–H and O–H groups in total. The van der Waals surface area contributed by atoms with Crippen LogP contribution in [0.4, 0.5) is 4.39 Å². The molecule has 0 amide bonds. The standard InChI is InChI=1S/C13H16FN/c14-11-4-1-3-10-9(8-15)7-13(12(10)11)5-2-6-13/h1,3-4,9H,2,5-8,15H2. The number of hydrogen-bond donors (Lipinski definition) is 1. The summed E-state index contributed by atoms with van der Waals surface area (Å²) in [6, 6.07) is 5.47. The lowest BCUT2D eigenvalue weighted by molar-refractivity contribution is 0.227. The van der Waals surface area contributed by atoms with Crippen molar-refractivity contribution in [3.05, 3.63) is 35.1 Å². The molecule has 0 radical (unpaired) electrons. The molecular weight excluding hydrogens is 189 g/mol. The van der Waals surface area contributed by atoms with E-state index in [1.807, 2.05) is 6.07 Å². The van der Waals surface area contributed by atoms with E-state index in [1.165, 1.54) is 12.0 Å². The third kappa shape index (κ3) is 1.11. The summed E-state index contributed by atoms with van der Waals surface area (Å²) in [4.78, 5) is 0. The average molecular weight is 205 g/mol. The van der Waals surface area contributed by atoms with Gasteiger partial charge < -0.3 is 5.73 Å². The van der Waals surface area contributed by atoms with Gasteiger partial charge in [-0.15, -0.1) is 0 Å². The number of rotatable bonds is 1. The van der Waals surface area contributed by atoms with Crippen LogP contribution < -0.4 is 5.73 Å². The third-order valence-electron chi connectivity index (χ3n) is 4.25. The van der Waals surface area contributed by atoms with E-state index < -0.39 is 0 Å². The molecule has 80 valence electrons. The van der Waals surface area contributed by atoms with Gasteiger partial charge in [-0.05, 0) is 54.3 Å². The quantitative estimate of drug-likeness (QED) is 0.749. The van der Waals surface area contributed by atoms with Crippen molar-refractivity contribution in [1.29, 1.82) is 0 Å². The van der Waals surface area contributed by atoms with Crippen LogP contribution in [0.2, 0.25) is 0 Å². The predicted octanol–water partition coefficient (Wildman–Crippen LogP) is 2.69. The Morgan fingerprint density at radius 1 is 1.40 bits per heavy atom. The molecule has 15 heavy (non-hydrogen) atoms. The Balaban J connectivity index is 2.15. The molecule has 1 fully saturated rings. The first-order valence-corrected chi connectivity index (χ1v) is 5.76. The zero-order valence-corrected chi connectivity index (χ0v) is 8.80. The molecule has 1 saturated carbocycles. The fraction of sp³-hybridized carbons (Fsp3) is 0.538. The summed E-state index contributed by atoms with van der Waals surface area (Å²) in [6.07, 6.45) is 4.61. The van der Waals surface area contributed by atoms with Crippen molar-refractivity contribution in [1.82, 2.24) is 0 Å². The lowest BCUT2D eigenvalue weighted by Crippen LogP contribution is -2.32. The number of hydrogen-bond acceptors (Lipinski definition) is 1. The molecule has 2 aliphatic rings. The van der Waals surface area contributed by atoms with Crippen molar-refractivity contribution < 1.29 is 4.39 Å². The summed E-state index contributed by atoms with van der Waals surface area (Å²) in [6.45, 7) is 0.651. The van der Waals surface area contributed by atoms with E-state index in [0.717, 1.165) is 24.8 Å². The van der Waals surface area contributed by atoms with Gasteiger partial charge in [0.05, 0.1) is 0 Å². The Labute approximate surface area is 89.5 Å². The van der Waals surface area contributed by atoms with Gasteiger partial charge in [0, 0.05) is 0 Å². The fourth-order valence-electron chi connectivity index (χ4n) is 3.39. The summed E-state index contributed by atoms with van der Waals surface area (Å²) in [5.41, 5.74) is 8.10. The Bertz CT molecular complexity index is 396. The van der Waals surface area contributed by atoms with Gasteiger partial charge in [-0.25, -0.2) is 4.39 Å². The highest BCUT2D eigenvalue weighted by molar-refractivity contribution is 5.45. The minimum Gasteiger partial charge on any atom is -0.330 e. The predicted molar refractivity (Wildman–Crippen MR) is 58.3 cm³/mol. The van der Waals surface area contributed by atoms with E-state index in [-0.39, 0.29) is 11.2 Å². The van der Waals surface area contributed by atoms with Gasteiger partial charge in [0.25, 0.3) is 0 Å². The maximum absolute atomic E-state index is 13.9. The highest BCUT2D eigenvalue weighted by Crippen LogP contribution is 2.57. The molecule has 2 heteroatoms. The van der Waals surface area contributed by atoms with E-state index in [0.29, 0.717) is 12.5 Å².